The smallest absolute Gasteiger partial charge is 0.379 e. The predicted octanol–water partition coefficient (Wildman–Crippen LogP) is 3.19. The molecule has 0 saturated carbocycles. The monoisotopic (exact) mass is 377 g/mol. The number of hydrogen-bond donors (Lipinski definition) is 0. The molecule has 0 amide bonds. The molecule has 1 aliphatic heterocycles. The Balaban J connectivity index is 2.65. The van der Waals surface area contributed by atoms with E-state index in [1.165, 1.54) is 0 Å². The van der Waals surface area contributed by atoms with Crippen LogP contribution in [0.3, 0.4) is 0 Å². The maximum Gasteiger partial charge on any atom is 0.425 e. The quantitative estimate of drug-likeness (QED) is 0.503. The number of nitrogens with zero attached hydrogens (tertiary/aromatic N) is 1. The van der Waals surface area contributed by atoms with Gasteiger partial charge in [0.15, 0.2) is 0 Å². The summed E-state index contributed by atoms with van der Waals surface area (Å²) in [5, 5.41) is 0. The number of rotatable bonds is 7. The fourth-order valence-corrected chi connectivity index (χ4v) is 1.91. The van der Waals surface area contributed by atoms with E-state index < -0.39 is 43.2 Å². The Hall–Kier alpha value is -0.750. The van der Waals surface area contributed by atoms with E-state index in [2.05, 4.69) is 4.74 Å². The van der Waals surface area contributed by atoms with Crippen molar-refractivity contribution in [2.75, 3.05) is 32.9 Å². The van der Waals surface area contributed by atoms with Crippen LogP contribution in [-0.2, 0) is 9.47 Å². The lowest BCUT2D eigenvalue weighted by atomic mass is 10.1. The zero-order chi connectivity index (χ0) is 18.8. The summed E-state index contributed by atoms with van der Waals surface area (Å²) in [5.74, 6) is -9.37. The highest BCUT2D eigenvalue weighted by Gasteiger charge is 2.60. The van der Waals surface area contributed by atoms with E-state index in [0.29, 0.717) is 11.8 Å². The Kier molecular flexibility index (Phi) is 6.78. The van der Waals surface area contributed by atoms with Gasteiger partial charge in [0, 0.05) is 13.1 Å². The predicted molar refractivity (Wildman–Crippen MR) is 63.5 cm³/mol. The fourth-order valence-electron chi connectivity index (χ4n) is 1.91. The van der Waals surface area contributed by atoms with Crippen LogP contribution in [0.2, 0.25) is 0 Å². The van der Waals surface area contributed by atoms with E-state index in [0.717, 1.165) is 0 Å². The van der Waals surface area contributed by atoms with Crippen molar-refractivity contribution in [2.45, 2.75) is 43.5 Å². The molecule has 1 heterocycles. The summed E-state index contributed by atoms with van der Waals surface area (Å²) in [6.07, 6.45) is -16.2. The lowest BCUT2D eigenvalue weighted by Gasteiger charge is -2.34. The van der Waals surface area contributed by atoms with Crippen molar-refractivity contribution in [3.8, 4) is 0 Å². The molecule has 0 N–H and O–H groups in total. The summed E-state index contributed by atoms with van der Waals surface area (Å²) < 4.78 is 125. The van der Waals surface area contributed by atoms with Crippen LogP contribution < -0.4 is 0 Å². The van der Waals surface area contributed by atoms with E-state index in [4.69, 9.17) is 4.74 Å². The summed E-state index contributed by atoms with van der Waals surface area (Å²) >= 11 is 0. The molecule has 0 aromatic carbocycles. The van der Waals surface area contributed by atoms with Gasteiger partial charge < -0.3 is 9.47 Å². The van der Waals surface area contributed by atoms with Crippen LogP contribution in [0, 0.1) is 0 Å². The second-order valence-electron chi connectivity index (χ2n) is 5.28. The molecule has 3 unspecified atom stereocenters. The largest absolute Gasteiger partial charge is 0.425 e. The third-order valence-electron chi connectivity index (χ3n) is 3.41. The normalized spacial score (nSPS) is 22.2. The van der Waals surface area contributed by atoms with Crippen LogP contribution in [0.15, 0.2) is 0 Å². The molecule has 0 bridgehead atoms. The Bertz CT molecular complexity index is 398. The molecule has 24 heavy (non-hydrogen) atoms. The molecule has 1 saturated heterocycles. The summed E-state index contributed by atoms with van der Waals surface area (Å²) in [6, 6.07) is 0. The third-order valence-corrected chi connectivity index (χ3v) is 3.41. The number of halogens is 9. The Labute approximate surface area is 131 Å². The van der Waals surface area contributed by atoms with Gasteiger partial charge >= 0.3 is 18.0 Å². The second-order valence-corrected chi connectivity index (χ2v) is 5.28. The van der Waals surface area contributed by atoms with Gasteiger partial charge in [-0.2, -0.15) is 22.0 Å². The van der Waals surface area contributed by atoms with Gasteiger partial charge in [0.2, 0.25) is 6.30 Å². The lowest BCUT2D eigenvalue weighted by Crippen LogP contribution is -2.54. The van der Waals surface area contributed by atoms with Gasteiger partial charge in [-0.15, -0.1) is 0 Å². The fraction of sp³-hybridized carbons (Fsp3) is 1.00. The molecule has 3 atom stereocenters. The molecule has 0 aliphatic carbocycles. The molecule has 0 spiro atoms. The average Bonchev–Trinajstić information content (AvgIpc) is 2.50. The molecule has 0 aromatic heterocycles. The summed E-state index contributed by atoms with van der Waals surface area (Å²) in [7, 11) is 0. The number of ether oxygens (including phenoxy) is 2. The van der Waals surface area contributed by atoms with Crippen LogP contribution >= 0.6 is 0 Å². The van der Waals surface area contributed by atoms with Crippen molar-refractivity contribution in [1.82, 2.24) is 4.90 Å². The van der Waals surface area contributed by atoms with E-state index in [-0.39, 0.29) is 26.3 Å². The maximum atomic E-state index is 13.8. The Morgan fingerprint density at radius 1 is 1.00 bits per heavy atom. The first kappa shape index (κ1) is 21.3. The first-order valence-electron chi connectivity index (χ1n) is 6.84. The minimum atomic E-state index is -5.89. The van der Waals surface area contributed by atoms with Gasteiger partial charge in [-0.05, 0) is 6.92 Å². The molecule has 0 radical (unpaired) electrons. The highest BCUT2D eigenvalue weighted by molar-refractivity contribution is 4.89. The van der Waals surface area contributed by atoms with Gasteiger partial charge in [0.1, 0.15) is 12.7 Å². The SMILES string of the molecule is CC(OCC(F)(F)C(F)N1CCOCC1)C(F)(F)C(F)C(F)(F)F. The number of hydrogen-bond acceptors (Lipinski definition) is 3. The first-order chi connectivity index (χ1) is 10.8. The van der Waals surface area contributed by atoms with Crippen molar-refractivity contribution in [1.29, 1.82) is 0 Å². The van der Waals surface area contributed by atoms with Gasteiger partial charge in [-0.25, -0.2) is 17.6 Å². The zero-order valence-electron chi connectivity index (χ0n) is 12.4. The van der Waals surface area contributed by atoms with Crippen LogP contribution in [0.25, 0.3) is 0 Å². The Morgan fingerprint density at radius 3 is 1.96 bits per heavy atom. The zero-order valence-corrected chi connectivity index (χ0v) is 12.4. The molecular formula is C12H16F9NO2. The molecule has 144 valence electrons. The maximum absolute atomic E-state index is 13.8. The average molecular weight is 377 g/mol. The molecule has 3 nitrogen and oxygen atoms in total. The van der Waals surface area contributed by atoms with Gasteiger partial charge in [-0.3, -0.25) is 4.90 Å². The van der Waals surface area contributed by atoms with Crippen molar-refractivity contribution >= 4 is 0 Å². The van der Waals surface area contributed by atoms with E-state index in [9.17, 15) is 39.5 Å². The first-order valence-corrected chi connectivity index (χ1v) is 6.84. The van der Waals surface area contributed by atoms with Gasteiger partial charge in [-0.1, -0.05) is 0 Å². The molecule has 0 aromatic rings. The van der Waals surface area contributed by atoms with Crippen LogP contribution in [-0.4, -0.2) is 74.4 Å². The molecule has 12 heteroatoms. The minimum Gasteiger partial charge on any atom is -0.379 e. The van der Waals surface area contributed by atoms with Crippen molar-refractivity contribution < 1.29 is 49.0 Å². The third kappa shape index (κ3) is 5.12. The van der Waals surface area contributed by atoms with E-state index >= 15 is 0 Å². The highest BCUT2D eigenvalue weighted by atomic mass is 19.4. The highest BCUT2D eigenvalue weighted by Crippen LogP contribution is 2.38. The van der Waals surface area contributed by atoms with Crippen molar-refractivity contribution in [2.24, 2.45) is 0 Å². The lowest BCUT2D eigenvalue weighted by molar-refractivity contribution is -0.279. The van der Waals surface area contributed by atoms with Crippen LogP contribution in [0.1, 0.15) is 6.92 Å². The standard InChI is InChI=1S/C12H16F9NO2/c1-7(11(17,18)8(13)12(19,20)21)24-6-10(15,16)9(14)22-2-4-23-5-3-22/h7-9H,2-6H2,1H3. The molecule has 1 fully saturated rings. The number of morpholine rings is 1. The van der Waals surface area contributed by atoms with E-state index in [1.54, 1.807) is 0 Å². The Morgan fingerprint density at radius 2 is 1.50 bits per heavy atom. The molecule has 1 aliphatic rings. The molecular weight excluding hydrogens is 361 g/mol. The number of alkyl halides is 9. The minimum absolute atomic E-state index is 0.0130. The van der Waals surface area contributed by atoms with Crippen LogP contribution in [0.5, 0.6) is 0 Å². The van der Waals surface area contributed by atoms with Gasteiger partial charge in [0.05, 0.1) is 13.2 Å². The summed E-state index contributed by atoms with van der Waals surface area (Å²) in [4.78, 5) is 0.684. The summed E-state index contributed by atoms with van der Waals surface area (Å²) in [6.45, 7) is -2.00. The van der Waals surface area contributed by atoms with Crippen molar-refractivity contribution in [3.05, 3.63) is 0 Å². The topological polar surface area (TPSA) is 21.7 Å². The van der Waals surface area contributed by atoms with Crippen molar-refractivity contribution in [3.63, 3.8) is 0 Å². The van der Waals surface area contributed by atoms with Gasteiger partial charge in [0.25, 0.3) is 6.17 Å². The van der Waals surface area contributed by atoms with Crippen LogP contribution in [0.4, 0.5) is 39.5 Å². The summed E-state index contributed by atoms with van der Waals surface area (Å²) in [5.41, 5.74) is 0. The van der Waals surface area contributed by atoms with E-state index in [1.807, 2.05) is 0 Å². The second kappa shape index (κ2) is 7.65. The molecule has 1 rings (SSSR count).